The fraction of sp³-hybridized carbons (Fsp3) is 0.800. The predicted octanol–water partition coefficient (Wildman–Crippen LogP) is 3.00. The SMILES string of the molecule is CC=CC1CC2CCC1C2. The van der Waals surface area contributed by atoms with Gasteiger partial charge >= 0.3 is 0 Å². The monoisotopic (exact) mass is 136 g/mol. The van der Waals surface area contributed by atoms with E-state index < -0.39 is 0 Å². The molecule has 0 aromatic carbocycles. The molecule has 0 radical (unpaired) electrons. The Morgan fingerprint density at radius 3 is 2.60 bits per heavy atom. The predicted molar refractivity (Wildman–Crippen MR) is 43.8 cm³/mol. The van der Waals surface area contributed by atoms with Gasteiger partial charge in [0.05, 0.1) is 0 Å². The maximum Gasteiger partial charge on any atom is -0.0203 e. The van der Waals surface area contributed by atoms with Crippen molar-refractivity contribution in [2.45, 2.75) is 32.6 Å². The van der Waals surface area contributed by atoms with Crippen molar-refractivity contribution in [1.29, 1.82) is 0 Å². The summed E-state index contributed by atoms with van der Waals surface area (Å²) in [4.78, 5) is 0. The first-order chi connectivity index (χ1) is 4.90. The molecule has 10 heavy (non-hydrogen) atoms. The van der Waals surface area contributed by atoms with E-state index in [9.17, 15) is 0 Å². The zero-order chi connectivity index (χ0) is 6.97. The third-order valence-electron chi connectivity index (χ3n) is 3.23. The van der Waals surface area contributed by atoms with Gasteiger partial charge in [-0.05, 0) is 43.9 Å². The van der Waals surface area contributed by atoms with E-state index in [1.807, 2.05) is 0 Å². The number of hydrogen-bond donors (Lipinski definition) is 0. The van der Waals surface area contributed by atoms with Gasteiger partial charge in [0, 0.05) is 0 Å². The molecule has 0 heteroatoms. The molecular weight excluding hydrogens is 120 g/mol. The van der Waals surface area contributed by atoms with Gasteiger partial charge in [-0.25, -0.2) is 0 Å². The molecule has 0 saturated heterocycles. The summed E-state index contributed by atoms with van der Waals surface area (Å²) < 4.78 is 0. The molecule has 0 spiro atoms. The van der Waals surface area contributed by atoms with Gasteiger partial charge in [-0.1, -0.05) is 18.6 Å². The largest absolute Gasteiger partial charge is 0.0914 e. The average molecular weight is 136 g/mol. The number of allylic oxidation sites excluding steroid dienone is 2. The summed E-state index contributed by atoms with van der Waals surface area (Å²) in [5.41, 5.74) is 0. The Hall–Kier alpha value is -0.260. The summed E-state index contributed by atoms with van der Waals surface area (Å²) in [6.07, 6.45) is 10.7. The lowest BCUT2D eigenvalue weighted by molar-refractivity contribution is 0.394. The van der Waals surface area contributed by atoms with Crippen LogP contribution in [0.4, 0.5) is 0 Å². The van der Waals surface area contributed by atoms with Crippen LogP contribution in [0.25, 0.3) is 0 Å². The molecule has 56 valence electrons. The minimum absolute atomic E-state index is 0.962. The molecule has 2 fully saturated rings. The van der Waals surface area contributed by atoms with E-state index in [1.165, 1.54) is 25.7 Å². The fourth-order valence-corrected chi connectivity index (χ4v) is 2.78. The average Bonchev–Trinajstić information content (AvgIpc) is 2.48. The lowest BCUT2D eigenvalue weighted by Crippen LogP contribution is -2.06. The minimum atomic E-state index is 0.962. The van der Waals surface area contributed by atoms with Crippen molar-refractivity contribution in [2.24, 2.45) is 17.8 Å². The Balaban J connectivity index is 2.02. The summed E-state index contributed by atoms with van der Waals surface area (Å²) in [7, 11) is 0. The van der Waals surface area contributed by atoms with Gasteiger partial charge in [-0.15, -0.1) is 0 Å². The van der Waals surface area contributed by atoms with Crippen LogP contribution < -0.4 is 0 Å². The van der Waals surface area contributed by atoms with Crippen LogP contribution in [-0.2, 0) is 0 Å². The summed E-state index contributed by atoms with van der Waals surface area (Å²) in [6.45, 7) is 2.14. The first kappa shape index (κ1) is 6.45. The molecule has 2 bridgehead atoms. The van der Waals surface area contributed by atoms with Crippen molar-refractivity contribution in [1.82, 2.24) is 0 Å². The standard InChI is InChI=1S/C10H16/c1-2-3-9-6-8-4-5-10(9)7-8/h2-3,8-10H,4-7H2,1H3. The van der Waals surface area contributed by atoms with E-state index in [-0.39, 0.29) is 0 Å². The summed E-state index contributed by atoms with van der Waals surface area (Å²) in [5, 5.41) is 0. The van der Waals surface area contributed by atoms with Crippen molar-refractivity contribution in [3.05, 3.63) is 12.2 Å². The van der Waals surface area contributed by atoms with E-state index in [4.69, 9.17) is 0 Å². The number of fused-ring (bicyclic) bond motifs is 2. The summed E-state index contributed by atoms with van der Waals surface area (Å²) in [5.74, 6) is 3.14. The van der Waals surface area contributed by atoms with Crippen LogP contribution >= 0.6 is 0 Å². The smallest absolute Gasteiger partial charge is 0.0203 e. The molecule has 0 aliphatic heterocycles. The van der Waals surface area contributed by atoms with Gasteiger partial charge in [0.25, 0.3) is 0 Å². The van der Waals surface area contributed by atoms with E-state index in [0.717, 1.165) is 17.8 Å². The lowest BCUT2D eigenvalue weighted by Gasteiger charge is -2.17. The normalized spacial score (nSPS) is 45.5. The van der Waals surface area contributed by atoms with Crippen LogP contribution in [0.15, 0.2) is 12.2 Å². The zero-order valence-corrected chi connectivity index (χ0v) is 6.72. The molecule has 0 aromatic rings. The molecule has 3 atom stereocenters. The molecule has 0 nitrogen and oxygen atoms in total. The van der Waals surface area contributed by atoms with Gasteiger partial charge in [0.15, 0.2) is 0 Å². The highest BCUT2D eigenvalue weighted by Crippen LogP contribution is 2.48. The third-order valence-corrected chi connectivity index (χ3v) is 3.23. The van der Waals surface area contributed by atoms with E-state index in [1.54, 1.807) is 0 Å². The van der Waals surface area contributed by atoms with Crippen molar-refractivity contribution >= 4 is 0 Å². The van der Waals surface area contributed by atoms with Gasteiger partial charge in [0.1, 0.15) is 0 Å². The molecule has 2 rings (SSSR count). The van der Waals surface area contributed by atoms with E-state index in [2.05, 4.69) is 19.1 Å². The van der Waals surface area contributed by atoms with Crippen molar-refractivity contribution in [2.75, 3.05) is 0 Å². The maximum absolute atomic E-state index is 2.42. The van der Waals surface area contributed by atoms with Crippen molar-refractivity contribution in [3.8, 4) is 0 Å². The van der Waals surface area contributed by atoms with Crippen LogP contribution in [0.2, 0.25) is 0 Å². The topological polar surface area (TPSA) is 0 Å². The summed E-state index contributed by atoms with van der Waals surface area (Å²) in [6, 6.07) is 0. The first-order valence-electron chi connectivity index (χ1n) is 4.53. The lowest BCUT2D eigenvalue weighted by atomic mass is 9.89. The highest BCUT2D eigenvalue weighted by molar-refractivity contribution is 4.99. The van der Waals surface area contributed by atoms with Crippen LogP contribution in [0, 0.1) is 17.8 Å². The molecule has 3 unspecified atom stereocenters. The second-order valence-corrected chi connectivity index (χ2v) is 3.86. The van der Waals surface area contributed by atoms with Gasteiger partial charge in [-0.3, -0.25) is 0 Å². The Morgan fingerprint density at radius 1 is 1.20 bits per heavy atom. The van der Waals surface area contributed by atoms with Crippen LogP contribution in [0.5, 0.6) is 0 Å². The summed E-state index contributed by atoms with van der Waals surface area (Å²) >= 11 is 0. The van der Waals surface area contributed by atoms with Gasteiger partial charge in [0.2, 0.25) is 0 Å². The second-order valence-electron chi connectivity index (χ2n) is 3.86. The molecular formula is C10H16. The van der Waals surface area contributed by atoms with E-state index >= 15 is 0 Å². The number of hydrogen-bond acceptors (Lipinski definition) is 0. The van der Waals surface area contributed by atoms with Crippen LogP contribution in [0.3, 0.4) is 0 Å². The third kappa shape index (κ3) is 0.902. The maximum atomic E-state index is 2.42. The highest BCUT2D eigenvalue weighted by atomic mass is 14.4. The Kier molecular flexibility index (Phi) is 1.55. The first-order valence-corrected chi connectivity index (χ1v) is 4.53. The second kappa shape index (κ2) is 2.41. The molecule has 2 aliphatic rings. The zero-order valence-electron chi connectivity index (χ0n) is 6.72. The van der Waals surface area contributed by atoms with E-state index in [0.29, 0.717) is 0 Å². The quantitative estimate of drug-likeness (QED) is 0.486. The van der Waals surface area contributed by atoms with Crippen molar-refractivity contribution in [3.63, 3.8) is 0 Å². The Bertz CT molecular complexity index is 146. The molecule has 2 saturated carbocycles. The fourth-order valence-electron chi connectivity index (χ4n) is 2.78. The Labute approximate surface area is 63.3 Å². The van der Waals surface area contributed by atoms with Gasteiger partial charge < -0.3 is 0 Å². The molecule has 0 aromatic heterocycles. The Morgan fingerprint density at radius 2 is 2.10 bits per heavy atom. The molecule has 0 heterocycles. The highest BCUT2D eigenvalue weighted by Gasteiger charge is 2.37. The van der Waals surface area contributed by atoms with Gasteiger partial charge in [-0.2, -0.15) is 0 Å². The van der Waals surface area contributed by atoms with Crippen LogP contribution in [-0.4, -0.2) is 0 Å². The van der Waals surface area contributed by atoms with Crippen LogP contribution in [0.1, 0.15) is 32.6 Å². The number of rotatable bonds is 1. The minimum Gasteiger partial charge on any atom is -0.0914 e. The van der Waals surface area contributed by atoms with Crippen molar-refractivity contribution < 1.29 is 0 Å². The molecule has 0 amide bonds. The molecule has 2 aliphatic carbocycles. The molecule has 0 N–H and O–H groups in total.